The first-order valence-corrected chi connectivity index (χ1v) is 19.6. The summed E-state index contributed by atoms with van der Waals surface area (Å²) in [5.74, 6) is -0.401. The van der Waals surface area contributed by atoms with Gasteiger partial charge in [-0.2, -0.15) is 0 Å². The van der Waals surface area contributed by atoms with Crippen LogP contribution in [0, 0.1) is 17.0 Å². The fourth-order valence-corrected chi connectivity index (χ4v) is 9.17. The molecule has 8 rings (SSSR count). The van der Waals surface area contributed by atoms with Gasteiger partial charge < -0.3 is 30.0 Å². The molecule has 0 bridgehead atoms. The minimum absolute atomic E-state index is 0.161. The number of hydrogen-bond donors (Lipinski definition) is 2. The number of aldehydes is 2. The zero-order valence-electron chi connectivity index (χ0n) is 31.0. The van der Waals surface area contributed by atoms with Gasteiger partial charge in [0.25, 0.3) is 5.56 Å². The number of carbonyl (C=O) groups is 2. The Morgan fingerprint density at radius 2 is 1.67 bits per heavy atom. The number of piperidine rings is 2. The van der Waals surface area contributed by atoms with Crippen molar-refractivity contribution < 1.29 is 18.4 Å². The maximum absolute atomic E-state index is 15.1. The summed E-state index contributed by atoms with van der Waals surface area (Å²) >= 11 is 0. The van der Waals surface area contributed by atoms with E-state index in [0.29, 0.717) is 52.5 Å². The number of pyridine rings is 1. The first-order chi connectivity index (χ1) is 26.8. The molecule has 1 aliphatic carbocycles. The number of benzene rings is 2. The molecule has 4 fully saturated rings. The van der Waals surface area contributed by atoms with Crippen LogP contribution in [0.25, 0.3) is 16.9 Å². The highest BCUT2D eigenvalue weighted by atomic mass is 19.1. The van der Waals surface area contributed by atoms with Gasteiger partial charge in [-0.05, 0) is 86.8 Å². The van der Waals surface area contributed by atoms with Crippen LogP contribution >= 0.6 is 0 Å². The van der Waals surface area contributed by atoms with Gasteiger partial charge in [0.05, 0.1) is 17.9 Å². The Morgan fingerprint density at radius 3 is 2.40 bits per heavy atom. The first-order valence-electron chi connectivity index (χ1n) is 19.6. The van der Waals surface area contributed by atoms with E-state index in [1.807, 2.05) is 12.1 Å². The van der Waals surface area contributed by atoms with E-state index in [0.717, 1.165) is 77.5 Å². The smallest absolute Gasteiger partial charge is 0.255 e. The molecule has 11 nitrogen and oxygen atoms in total. The second kappa shape index (κ2) is 16.0. The molecular weight excluding hydrogens is 703 g/mol. The summed E-state index contributed by atoms with van der Waals surface area (Å²) in [6.45, 7) is 5.94. The van der Waals surface area contributed by atoms with Gasteiger partial charge in [0.2, 0.25) is 5.95 Å². The number of likely N-dealkylation sites (tertiary alicyclic amines) is 2. The lowest BCUT2D eigenvalue weighted by Gasteiger charge is -2.63. The van der Waals surface area contributed by atoms with Gasteiger partial charge in [0, 0.05) is 93.0 Å². The number of rotatable bonds is 13. The normalized spacial score (nSPS) is 20.1. The lowest BCUT2D eigenvalue weighted by molar-refractivity contribution is -0.129. The molecule has 0 radical (unpaired) electrons. The van der Waals surface area contributed by atoms with Crippen LogP contribution < -0.4 is 21.1 Å². The van der Waals surface area contributed by atoms with Crippen molar-refractivity contribution in [3.63, 3.8) is 0 Å². The summed E-state index contributed by atoms with van der Waals surface area (Å²) in [6, 6.07) is 18.0. The van der Waals surface area contributed by atoms with Crippen molar-refractivity contribution in [2.75, 3.05) is 54.8 Å². The van der Waals surface area contributed by atoms with E-state index in [1.54, 1.807) is 42.6 Å². The van der Waals surface area contributed by atoms with E-state index in [4.69, 9.17) is 0 Å². The predicted octanol–water partition coefficient (Wildman–Crippen LogP) is 5.54. The molecule has 4 aromatic rings. The van der Waals surface area contributed by atoms with Crippen LogP contribution in [0.4, 0.5) is 26.1 Å². The highest BCUT2D eigenvalue weighted by Gasteiger charge is 2.55. The largest absolute Gasteiger partial charge is 0.375 e. The molecule has 4 aliphatic rings. The monoisotopic (exact) mass is 750 g/mol. The maximum atomic E-state index is 15.1. The third kappa shape index (κ3) is 8.04. The SMILES string of the molecule is O=CCCC(C=O)Nc1ccc(N2CCC(N3CC4(CC(N5CCC(Nc6ncc(F)c(-c7cccc(-n8ccccc8=O)c7)n6)CC5)C4)C3)CC2)c(F)c1. The van der Waals surface area contributed by atoms with E-state index in [-0.39, 0.29) is 29.5 Å². The van der Waals surface area contributed by atoms with Crippen LogP contribution in [0.5, 0.6) is 0 Å². The molecule has 2 N–H and O–H groups in total. The molecule has 2 aromatic carbocycles. The minimum atomic E-state index is -0.515. The molecule has 1 spiro atoms. The topological polar surface area (TPSA) is 116 Å². The van der Waals surface area contributed by atoms with Crippen molar-refractivity contribution in [1.82, 2.24) is 24.3 Å². The average molecular weight is 751 g/mol. The molecule has 55 heavy (non-hydrogen) atoms. The minimum Gasteiger partial charge on any atom is -0.375 e. The van der Waals surface area contributed by atoms with Gasteiger partial charge in [0.1, 0.15) is 24.1 Å². The van der Waals surface area contributed by atoms with Crippen molar-refractivity contribution >= 4 is 29.9 Å². The summed E-state index contributed by atoms with van der Waals surface area (Å²) in [6.07, 6.45) is 11.6. The Hall–Kier alpha value is -5.01. The Kier molecular flexibility index (Phi) is 10.7. The van der Waals surface area contributed by atoms with E-state index in [2.05, 4.69) is 35.3 Å². The second-order valence-electron chi connectivity index (χ2n) is 15.8. The Balaban J connectivity index is 0.770. The Bertz CT molecular complexity index is 2050. The Labute approximate surface area is 319 Å². The molecule has 0 amide bonds. The van der Waals surface area contributed by atoms with E-state index < -0.39 is 11.9 Å². The van der Waals surface area contributed by atoms with Gasteiger partial charge in [-0.15, -0.1) is 0 Å². The van der Waals surface area contributed by atoms with Crippen LogP contribution in [0.2, 0.25) is 0 Å². The highest BCUT2D eigenvalue weighted by Crippen LogP contribution is 2.52. The number of hydrogen-bond acceptors (Lipinski definition) is 10. The summed E-state index contributed by atoms with van der Waals surface area (Å²) in [5.41, 5.74) is 2.83. The van der Waals surface area contributed by atoms with Gasteiger partial charge >= 0.3 is 0 Å². The number of carbonyl (C=O) groups excluding carboxylic acids is 2. The average Bonchev–Trinajstić information content (AvgIpc) is 3.17. The summed E-state index contributed by atoms with van der Waals surface area (Å²) in [4.78, 5) is 50.6. The van der Waals surface area contributed by atoms with E-state index in [9.17, 15) is 18.8 Å². The third-order valence-corrected chi connectivity index (χ3v) is 12.1. The van der Waals surface area contributed by atoms with Gasteiger partial charge in [0.15, 0.2) is 5.82 Å². The highest BCUT2D eigenvalue weighted by molar-refractivity contribution is 5.67. The lowest BCUT2D eigenvalue weighted by Crippen LogP contribution is -2.69. The number of aromatic nitrogens is 3. The maximum Gasteiger partial charge on any atom is 0.255 e. The molecule has 1 saturated carbocycles. The first kappa shape index (κ1) is 36.9. The number of halogens is 2. The molecule has 3 saturated heterocycles. The molecule has 288 valence electrons. The van der Waals surface area contributed by atoms with Crippen LogP contribution in [0.3, 0.4) is 0 Å². The molecule has 2 aromatic heterocycles. The fraction of sp³-hybridized carbons (Fsp3) is 0.452. The summed E-state index contributed by atoms with van der Waals surface area (Å²) < 4.78 is 31.6. The second-order valence-corrected chi connectivity index (χ2v) is 15.8. The Morgan fingerprint density at radius 1 is 0.873 bits per heavy atom. The number of anilines is 3. The third-order valence-electron chi connectivity index (χ3n) is 12.1. The van der Waals surface area contributed by atoms with Crippen LogP contribution in [0.15, 0.2) is 77.9 Å². The molecule has 3 aliphatic heterocycles. The zero-order valence-corrected chi connectivity index (χ0v) is 31.0. The fourth-order valence-electron chi connectivity index (χ4n) is 9.17. The van der Waals surface area contributed by atoms with Gasteiger partial charge in [-0.3, -0.25) is 14.3 Å². The lowest BCUT2D eigenvalue weighted by atomic mass is 9.59. The summed E-state index contributed by atoms with van der Waals surface area (Å²) in [5, 5.41) is 6.48. The predicted molar refractivity (Wildman–Crippen MR) is 209 cm³/mol. The van der Waals surface area contributed by atoms with E-state index in [1.165, 1.54) is 35.7 Å². The quantitative estimate of drug-likeness (QED) is 0.169. The molecule has 1 unspecified atom stereocenters. The van der Waals surface area contributed by atoms with Crippen LogP contribution in [0.1, 0.15) is 51.4 Å². The zero-order chi connectivity index (χ0) is 37.9. The van der Waals surface area contributed by atoms with Crippen molar-refractivity contribution in [3.8, 4) is 16.9 Å². The standard InChI is InChI=1S/C42H48F2N8O3/c43-36-22-31(46-32(26-54)6-4-20-53)9-10-38(36)50-18-13-33(14-19-50)51-27-42(28-51)23-35(24-42)49-16-11-30(12-17-49)47-41-45-25-37(44)40(48-41)29-5-3-7-34(21-29)52-15-2-1-8-39(52)55/h1-3,5,7-10,15,20-22,25-26,30,32-33,35,46H,4,6,11-14,16-19,23-24,27-28H2,(H,45,47,48). The molecule has 5 heterocycles. The van der Waals surface area contributed by atoms with Crippen LogP contribution in [-0.4, -0.2) is 100 Å². The number of nitrogens with zero attached hydrogens (tertiary/aromatic N) is 6. The van der Waals surface area contributed by atoms with Gasteiger partial charge in [-0.1, -0.05) is 18.2 Å². The number of nitrogens with one attached hydrogen (secondary N) is 2. The molecule has 1 atom stereocenters. The molecule has 13 heteroatoms. The molecular formula is C42H48F2N8O3. The summed E-state index contributed by atoms with van der Waals surface area (Å²) in [7, 11) is 0. The van der Waals surface area contributed by atoms with Crippen molar-refractivity contribution in [1.29, 1.82) is 0 Å². The van der Waals surface area contributed by atoms with Crippen molar-refractivity contribution in [2.45, 2.75) is 75.5 Å². The van der Waals surface area contributed by atoms with Gasteiger partial charge in [-0.25, -0.2) is 18.7 Å². The van der Waals surface area contributed by atoms with E-state index >= 15 is 4.39 Å². The van der Waals surface area contributed by atoms with Crippen molar-refractivity contribution in [3.05, 3.63) is 95.0 Å². The van der Waals surface area contributed by atoms with Crippen LogP contribution in [-0.2, 0) is 9.59 Å². The van der Waals surface area contributed by atoms with Crippen molar-refractivity contribution in [2.24, 2.45) is 5.41 Å².